The lowest BCUT2D eigenvalue weighted by molar-refractivity contribution is -0.384. The van der Waals surface area contributed by atoms with Gasteiger partial charge in [0.25, 0.3) is 0 Å². The van der Waals surface area contributed by atoms with Gasteiger partial charge in [-0.3, -0.25) is 14.9 Å². The lowest BCUT2D eigenvalue weighted by Gasteiger charge is -2.20. The van der Waals surface area contributed by atoms with Gasteiger partial charge in [0.1, 0.15) is 0 Å². The molecule has 8 heteroatoms. The number of carbonyl (C=O) groups excluding carboxylic acids is 1. The van der Waals surface area contributed by atoms with Crippen LogP contribution in [-0.2, 0) is 9.53 Å². The maximum Gasteiger partial charge on any atom is 0.313 e. The number of anilines is 1. The number of pyridine rings is 1. The molecule has 1 aromatic rings. The van der Waals surface area contributed by atoms with Crippen LogP contribution in [0.2, 0.25) is 5.02 Å². The molecule has 104 valence electrons. The van der Waals surface area contributed by atoms with Gasteiger partial charge in [-0.05, 0) is 6.92 Å². The van der Waals surface area contributed by atoms with Crippen LogP contribution in [0.4, 0.5) is 11.5 Å². The second kappa shape index (κ2) is 6.89. The number of carbonyl (C=O) groups is 1. The van der Waals surface area contributed by atoms with E-state index in [0.717, 1.165) is 0 Å². The molecule has 7 nitrogen and oxygen atoms in total. The SMILES string of the molecule is CCN(CCC(=O)OC)c1ncc(Cl)cc1[N+](=O)[O-]. The summed E-state index contributed by atoms with van der Waals surface area (Å²) >= 11 is 5.70. The second-order valence-corrected chi connectivity index (χ2v) is 4.10. The monoisotopic (exact) mass is 287 g/mol. The van der Waals surface area contributed by atoms with Crippen LogP contribution in [-0.4, -0.2) is 36.1 Å². The fraction of sp³-hybridized carbons (Fsp3) is 0.455. The quantitative estimate of drug-likeness (QED) is 0.452. The largest absolute Gasteiger partial charge is 0.469 e. The minimum absolute atomic E-state index is 0.131. The van der Waals surface area contributed by atoms with Gasteiger partial charge in [-0.2, -0.15) is 0 Å². The van der Waals surface area contributed by atoms with Gasteiger partial charge < -0.3 is 9.64 Å². The highest BCUT2D eigenvalue weighted by atomic mass is 35.5. The maximum absolute atomic E-state index is 11.1. The van der Waals surface area contributed by atoms with Crippen LogP contribution in [0, 0.1) is 10.1 Å². The zero-order valence-electron chi connectivity index (χ0n) is 10.6. The van der Waals surface area contributed by atoms with Crippen molar-refractivity contribution in [1.82, 2.24) is 4.98 Å². The van der Waals surface area contributed by atoms with E-state index in [1.807, 2.05) is 6.92 Å². The zero-order chi connectivity index (χ0) is 14.4. The van der Waals surface area contributed by atoms with Gasteiger partial charge in [0, 0.05) is 25.4 Å². The summed E-state index contributed by atoms with van der Waals surface area (Å²) in [6.07, 6.45) is 1.47. The van der Waals surface area contributed by atoms with E-state index >= 15 is 0 Å². The Kier molecular flexibility index (Phi) is 5.50. The van der Waals surface area contributed by atoms with Crippen molar-refractivity contribution < 1.29 is 14.5 Å². The normalized spacial score (nSPS) is 10.1. The average Bonchev–Trinajstić information content (AvgIpc) is 2.40. The fourth-order valence-corrected chi connectivity index (χ4v) is 1.69. The van der Waals surface area contributed by atoms with Crippen LogP contribution < -0.4 is 4.90 Å². The molecule has 19 heavy (non-hydrogen) atoms. The Balaban J connectivity index is 2.97. The number of hydrogen-bond donors (Lipinski definition) is 0. The van der Waals surface area contributed by atoms with E-state index in [-0.39, 0.29) is 28.9 Å². The van der Waals surface area contributed by atoms with Gasteiger partial charge in [-0.1, -0.05) is 11.6 Å². The molecule has 0 spiro atoms. The summed E-state index contributed by atoms with van der Waals surface area (Å²) in [5, 5.41) is 11.2. The molecule has 0 aliphatic rings. The van der Waals surface area contributed by atoms with Crippen LogP contribution >= 0.6 is 11.6 Å². The Morgan fingerprint density at radius 2 is 2.32 bits per heavy atom. The average molecular weight is 288 g/mol. The first-order valence-corrected chi connectivity index (χ1v) is 5.99. The first-order chi connectivity index (χ1) is 8.99. The minimum atomic E-state index is -0.547. The predicted molar refractivity (Wildman–Crippen MR) is 70.4 cm³/mol. The van der Waals surface area contributed by atoms with E-state index in [1.165, 1.54) is 19.4 Å². The van der Waals surface area contributed by atoms with Crippen molar-refractivity contribution in [3.8, 4) is 0 Å². The third-order valence-electron chi connectivity index (χ3n) is 2.51. The summed E-state index contributed by atoms with van der Waals surface area (Å²) < 4.78 is 4.54. The number of esters is 1. The van der Waals surface area contributed by atoms with Gasteiger partial charge in [0.05, 0.1) is 23.5 Å². The Morgan fingerprint density at radius 1 is 1.63 bits per heavy atom. The predicted octanol–water partition coefficient (Wildman–Crippen LogP) is 2.03. The van der Waals surface area contributed by atoms with Crippen LogP contribution in [0.3, 0.4) is 0 Å². The molecule has 0 fully saturated rings. The van der Waals surface area contributed by atoms with Crippen LogP contribution in [0.5, 0.6) is 0 Å². The summed E-state index contributed by atoms with van der Waals surface area (Å²) in [7, 11) is 1.29. The molecule has 0 amide bonds. The van der Waals surface area contributed by atoms with Crippen LogP contribution in [0.1, 0.15) is 13.3 Å². The molecule has 0 saturated heterocycles. The maximum atomic E-state index is 11.1. The van der Waals surface area contributed by atoms with E-state index in [1.54, 1.807) is 4.90 Å². The topological polar surface area (TPSA) is 85.6 Å². The van der Waals surface area contributed by atoms with Gasteiger partial charge >= 0.3 is 11.7 Å². The molecule has 0 radical (unpaired) electrons. The van der Waals surface area contributed by atoms with Crippen molar-refractivity contribution in [3.05, 3.63) is 27.4 Å². The molecule has 0 aliphatic heterocycles. The Morgan fingerprint density at radius 3 is 2.84 bits per heavy atom. The van der Waals surface area contributed by atoms with E-state index in [0.29, 0.717) is 13.1 Å². The van der Waals surface area contributed by atoms with Crippen molar-refractivity contribution in [3.63, 3.8) is 0 Å². The van der Waals surface area contributed by atoms with Crippen molar-refractivity contribution in [2.24, 2.45) is 0 Å². The van der Waals surface area contributed by atoms with Gasteiger partial charge in [-0.25, -0.2) is 4.98 Å². The van der Waals surface area contributed by atoms with Gasteiger partial charge in [0.2, 0.25) is 5.82 Å². The molecule has 0 bridgehead atoms. The Hall–Kier alpha value is -1.89. The number of aromatic nitrogens is 1. The Labute approximate surface area is 115 Å². The molecule has 0 aliphatic carbocycles. The number of nitro groups is 1. The van der Waals surface area contributed by atoms with E-state index < -0.39 is 4.92 Å². The summed E-state index contributed by atoms with van der Waals surface area (Å²) in [6, 6.07) is 1.24. The van der Waals surface area contributed by atoms with E-state index in [2.05, 4.69) is 9.72 Å². The highest BCUT2D eigenvalue weighted by molar-refractivity contribution is 6.30. The summed E-state index contributed by atoms with van der Waals surface area (Å²) in [4.78, 5) is 27.1. The summed E-state index contributed by atoms with van der Waals surface area (Å²) in [5.74, 6) is -0.184. The molecule has 1 rings (SSSR count). The number of nitrogens with zero attached hydrogens (tertiary/aromatic N) is 3. The molecule has 1 heterocycles. The van der Waals surface area contributed by atoms with Gasteiger partial charge in [-0.15, -0.1) is 0 Å². The van der Waals surface area contributed by atoms with E-state index in [9.17, 15) is 14.9 Å². The smallest absolute Gasteiger partial charge is 0.313 e. The minimum Gasteiger partial charge on any atom is -0.469 e. The molecular formula is C11H14ClN3O4. The summed E-state index contributed by atoms with van der Waals surface area (Å²) in [6.45, 7) is 2.59. The lowest BCUT2D eigenvalue weighted by Crippen LogP contribution is -2.27. The number of methoxy groups -OCH3 is 1. The second-order valence-electron chi connectivity index (χ2n) is 3.66. The highest BCUT2D eigenvalue weighted by Gasteiger charge is 2.21. The zero-order valence-corrected chi connectivity index (χ0v) is 11.4. The van der Waals surface area contributed by atoms with Crippen molar-refractivity contribution in [2.75, 3.05) is 25.1 Å². The van der Waals surface area contributed by atoms with Crippen molar-refractivity contribution >= 4 is 29.1 Å². The highest BCUT2D eigenvalue weighted by Crippen LogP contribution is 2.28. The molecule has 0 atom stereocenters. The third-order valence-corrected chi connectivity index (χ3v) is 2.71. The first-order valence-electron chi connectivity index (χ1n) is 5.61. The van der Waals surface area contributed by atoms with Gasteiger partial charge in [0.15, 0.2) is 0 Å². The molecule has 0 saturated carbocycles. The molecule has 0 N–H and O–H groups in total. The van der Waals surface area contributed by atoms with Crippen LogP contribution in [0.25, 0.3) is 0 Å². The first kappa shape index (κ1) is 15.2. The van der Waals surface area contributed by atoms with E-state index in [4.69, 9.17) is 11.6 Å². The third kappa shape index (κ3) is 4.06. The molecule has 1 aromatic heterocycles. The van der Waals surface area contributed by atoms with Crippen molar-refractivity contribution in [2.45, 2.75) is 13.3 Å². The lowest BCUT2D eigenvalue weighted by atomic mass is 10.3. The standard InChI is InChI=1S/C11H14ClN3O4/c1-3-14(5-4-10(16)19-2)11-9(15(17)18)6-8(12)7-13-11/h6-7H,3-5H2,1-2H3. The molecular weight excluding hydrogens is 274 g/mol. The number of ether oxygens (including phenoxy) is 1. The molecule has 0 unspecified atom stereocenters. The number of rotatable bonds is 6. The van der Waals surface area contributed by atoms with Crippen LogP contribution in [0.15, 0.2) is 12.3 Å². The van der Waals surface area contributed by atoms with Crippen molar-refractivity contribution in [1.29, 1.82) is 0 Å². The number of hydrogen-bond acceptors (Lipinski definition) is 6. The summed E-state index contributed by atoms with van der Waals surface area (Å²) in [5.41, 5.74) is -0.181. The Bertz CT molecular complexity index is 481. The number of halogens is 1. The molecule has 0 aromatic carbocycles. The fourth-order valence-electron chi connectivity index (χ4n) is 1.54.